The van der Waals surface area contributed by atoms with Crippen LogP contribution in [0.1, 0.15) is 17.0 Å². The van der Waals surface area contributed by atoms with Crippen LogP contribution >= 0.6 is 0 Å². The highest BCUT2D eigenvalue weighted by Crippen LogP contribution is 2.14. The molecule has 90 valence electrons. The van der Waals surface area contributed by atoms with E-state index in [1.54, 1.807) is 12.1 Å². The standard InChI is InChI=1S/C14H12FN3/c1-10-5-4-8-18-13(16-17-14(10)18)9-11-6-2-3-7-12(11)15/h2-8H,9H2,1H3. The van der Waals surface area contributed by atoms with Crippen molar-refractivity contribution in [3.63, 3.8) is 0 Å². The smallest absolute Gasteiger partial charge is 0.163 e. The summed E-state index contributed by atoms with van der Waals surface area (Å²) in [7, 11) is 0. The minimum atomic E-state index is -0.207. The Morgan fingerprint density at radius 1 is 1.11 bits per heavy atom. The molecule has 0 fully saturated rings. The van der Waals surface area contributed by atoms with Crippen molar-refractivity contribution in [3.8, 4) is 0 Å². The van der Waals surface area contributed by atoms with E-state index in [2.05, 4.69) is 10.2 Å². The highest BCUT2D eigenvalue weighted by molar-refractivity contribution is 5.46. The normalized spacial score (nSPS) is 11.0. The van der Waals surface area contributed by atoms with Crippen molar-refractivity contribution in [2.45, 2.75) is 13.3 Å². The molecule has 2 heterocycles. The largest absolute Gasteiger partial charge is 0.286 e. The van der Waals surface area contributed by atoms with Crippen molar-refractivity contribution in [2.75, 3.05) is 0 Å². The third-order valence-corrected chi connectivity index (χ3v) is 3.01. The molecule has 0 spiro atoms. The zero-order chi connectivity index (χ0) is 12.5. The molecule has 0 bridgehead atoms. The van der Waals surface area contributed by atoms with Crippen molar-refractivity contribution < 1.29 is 4.39 Å². The Morgan fingerprint density at radius 2 is 1.94 bits per heavy atom. The summed E-state index contributed by atoms with van der Waals surface area (Å²) in [5.41, 5.74) is 2.52. The first-order chi connectivity index (χ1) is 8.75. The van der Waals surface area contributed by atoms with Gasteiger partial charge in [-0.15, -0.1) is 10.2 Å². The lowest BCUT2D eigenvalue weighted by Crippen LogP contribution is -1.98. The predicted molar refractivity (Wildman–Crippen MR) is 66.9 cm³/mol. The summed E-state index contributed by atoms with van der Waals surface area (Å²) in [5, 5.41) is 8.27. The van der Waals surface area contributed by atoms with Gasteiger partial charge in [0.15, 0.2) is 5.65 Å². The van der Waals surface area contributed by atoms with Crippen LogP contribution in [0.5, 0.6) is 0 Å². The molecule has 0 amide bonds. The molecule has 0 aliphatic rings. The van der Waals surface area contributed by atoms with Crippen LogP contribution in [0.15, 0.2) is 42.6 Å². The van der Waals surface area contributed by atoms with Crippen molar-refractivity contribution in [1.29, 1.82) is 0 Å². The van der Waals surface area contributed by atoms with Gasteiger partial charge in [0.1, 0.15) is 11.6 Å². The maximum Gasteiger partial charge on any atom is 0.163 e. The molecule has 2 aromatic heterocycles. The number of fused-ring (bicyclic) bond motifs is 1. The van der Waals surface area contributed by atoms with Crippen LogP contribution < -0.4 is 0 Å². The van der Waals surface area contributed by atoms with E-state index in [9.17, 15) is 4.39 Å². The molecule has 0 N–H and O–H groups in total. The van der Waals surface area contributed by atoms with Gasteiger partial charge in [-0.2, -0.15) is 0 Å². The highest BCUT2D eigenvalue weighted by atomic mass is 19.1. The lowest BCUT2D eigenvalue weighted by molar-refractivity contribution is 0.611. The van der Waals surface area contributed by atoms with E-state index in [-0.39, 0.29) is 5.82 Å². The lowest BCUT2D eigenvalue weighted by atomic mass is 10.1. The number of pyridine rings is 1. The summed E-state index contributed by atoms with van der Waals surface area (Å²) < 4.78 is 15.5. The molecule has 0 radical (unpaired) electrons. The minimum Gasteiger partial charge on any atom is -0.286 e. The molecule has 0 saturated heterocycles. The Kier molecular flexibility index (Phi) is 2.55. The van der Waals surface area contributed by atoms with E-state index in [0.29, 0.717) is 12.0 Å². The molecule has 0 atom stereocenters. The quantitative estimate of drug-likeness (QED) is 0.690. The Balaban J connectivity index is 2.06. The number of rotatable bonds is 2. The second-order valence-corrected chi connectivity index (χ2v) is 4.27. The summed E-state index contributed by atoms with van der Waals surface area (Å²) >= 11 is 0. The number of aryl methyl sites for hydroxylation is 1. The van der Waals surface area contributed by atoms with Gasteiger partial charge in [-0.3, -0.25) is 4.40 Å². The molecule has 18 heavy (non-hydrogen) atoms. The van der Waals surface area contributed by atoms with Crippen LogP contribution in [0.4, 0.5) is 4.39 Å². The van der Waals surface area contributed by atoms with Crippen molar-refractivity contribution in [1.82, 2.24) is 14.6 Å². The van der Waals surface area contributed by atoms with Crippen LogP contribution in [0.3, 0.4) is 0 Å². The molecule has 3 nitrogen and oxygen atoms in total. The van der Waals surface area contributed by atoms with E-state index in [0.717, 1.165) is 17.0 Å². The van der Waals surface area contributed by atoms with Gasteiger partial charge in [0.05, 0.1) is 0 Å². The number of benzene rings is 1. The van der Waals surface area contributed by atoms with Crippen LogP contribution in [-0.4, -0.2) is 14.6 Å². The first kappa shape index (κ1) is 10.9. The highest BCUT2D eigenvalue weighted by Gasteiger charge is 2.09. The summed E-state index contributed by atoms with van der Waals surface area (Å²) in [4.78, 5) is 0. The van der Waals surface area contributed by atoms with Crippen molar-refractivity contribution in [2.24, 2.45) is 0 Å². The zero-order valence-electron chi connectivity index (χ0n) is 9.97. The Labute approximate surface area is 104 Å². The van der Waals surface area contributed by atoms with Gasteiger partial charge < -0.3 is 0 Å². The van der Waals surface area contributed by atoms with E-state index >= 15 is 0 Å². The third kappa shape index (κ3) is 1.76. The average Bonchev–Trinajstić information content (AvgIpc) is 2.77. The number of hydrogen-bond acceptors (Lipinski definition) is 2. The van der Waals surface area contributed by atoms with E-state index < -0.39 is 0 Å². The molecular formula is C14H12FN3. The van der Waals surface area contributed by atoms with Gasteiger partial charge in [-0.25, -0.2) is 4.39 Å². The number of nitrogens with zero attached hydrogens (tertiary/aromatic N) is 3. The fourth-order valence-electron chi connectivity index (χ4n) is 2.03. The first-order valence-corrected chi connectivity index (χ1v) is 5.78. The van der Waals surface area contributed by atoms with Crippen molar-refractivity contribution >= 4 is 5.65 Å². The van der Waals surface area contributed by atoms with Gasteiger partial charge in [0.25, 0.3) is 0 Å². The van der Waals surface area contributed by atoms with Gasteiger partial charge >= 0.3 is 0 Å². The van der Waals surface area contributed by atoms with Gasteiger partial charge in [0, 0.05) is 12.6 Å². The maximum absolute atomic E-state index is 13.6. The van der Waals surface area contributed by atoms with Crippen molar-refractivity contribution in [3.05, 3.63) is 65.4 Å². The third-order valence-electron chi connectivity index (χ3n) is 3.01. The number of halogens is 1. The Bertz CT molecular complexity index is 703. The fraction of sp³-hybridized carbons (Fsp3) is 0.143. The maximum atomic E-state index is 13.6. The van der Waals surface area contributed by atoms with E-state index in [1.165, 1.54) is 6.07 Å². The topological polar surface area (TPSA) is 30.2 Å². The van der Waals surface area contributed by atoms with Crippen LogP contribution in [-0.2, 0) is 6.42 Å². The van der Waals surface area contributed by atoms with E-state index in [4.69, 9.17) is 0 Å². The Hall–Kier alpha value is -2.23. The number of hydrogen-bond donors (Lipinski definition) is 0. The summed E-state index contributed by atoms with van der Waals surface area (Å²) in [6, 6.07) is 10.7. The second-order valence-electron chi connectivity index (χ2n) is 4.27. The van der Waals surface area contributed by atoms with Gasteiger partial charge in [-0.05, 0) is 30.2 Å². The monoisotopic (exact) mass is 241 g/mol. The summed E-state index contributed by atoms with van der Waals surface area (Å²) in [5.74, 6) is 0.542. The predicted octanol–water partition coefficient (Wildman–Crippen LogP) is 2.77. The Morgan fingerprint density at radius 3 is 2.78 bits per heavy atom. The van der Waals surface area contributed by atoms with Crippen LogP contribution in [0, 0.1) is 12.7 Å². The molecule has 4 heteroatoms. The van der Waals surface area contributed by atoms with E-state index in [1.807, 2.05) is 35.7 Å². The summed E-state index contributed by atoms with van der Waals surface area (Å²) in [6.45, 7) is 1.98. The molecular weight excluding hydrogens is 229 g/mol. The first-order valence-electron chi connectivity index (χ1n) is 5.78. The molecule has 3 rings (SSSR count). The van der Waals surface area contributed by atoms with Crippen LogP contribution in [0.25, 0.3) is 5.65 Å². The molecule has 1 aromatic carbocycles. The summed E-state index contributed by atoms with van der Waals surface area (Å²) in [6.07, 6.45) is 2.34. The zero-order valence-corrected chi connectivity index (χ0v) is 9.97. The molecule has 0 aliphatic heterocycles. The SMILES string of the molecule is Cc1cccn2c(Cc3ccccc3F)nnc12. The minimum absolute atomic E-state index is 0.207. The molecule has 0 aliphatic carbocycles. The van der Waals surface area contributed by atoms with Gasteiger partial charge in [-0.1, -0.05) is 24.3 Å². The van der Waals surface area contributed by atoms with Crippen LogP contribution in [0.2, 0.25) is 0 Å². The molecule has 3 aromatic rings. The lowest BCUT2D eigenvalue weighted by Gasteiger charge is -2.02. The average molecular weight is 241 g/mol. The molecule has 0 saturated carbocycles. The number of aromatic nitrogens is 3. The fourth-order valence-corrected chi connectivity index (χ4v) is 2.03. The second kappa shape index (κ2) is 4.22. The molecule has 0 unspecified atom stereocenters. The van der Waals surface area contributed by atoms with Gasteiger partial charge in [0.2, 0.25) is 0 Å².